The van der Waals surface area contributed by atoms with Gasteiger partial charge < -0.3 is 5.11 Å². The van der Waals surface area contributed by atoms with E-state index >= 15 is 0 Å². The number of alkyl halides is 1. The van der Waals surface area contributed by atoms with Gasteiger partial charge >= 0.3 is 0 Å². The molecule has 1 saturated heterocycles. The lowest BCUT2D eigenvalue weighted by atomic mass is 10.3. The van der Waals surface area contributed by atoms with Crippen LogP contribution in [0, 0.1) is 11.3 Å². The molecule has 1 aliphatic rings. The van der Waals surface area contributed by atoms with Crippen molar-refractivity contribution in [2.75, 3.05) is 45.9 Å². The molecule has 1 aliphatic heterocycles. The van der Waals surface area contributed by atoms with Crippen LogP contribution in [-0.2, 0) is 0 Å². The molecule has 1 N–H and O–H groups in total. The molecule has 0 aromatic heterocycles. The highest BCUT2D eigenvalue weighted by Crippen LogP contribution is 2.04. The lowest BCUT2D eigenvalue weighted by molar-refractivity contribution is 0.114. The Bertz CT molecular complexity index is 199. The van der Waals surface area contributed by atoms with Crippen LogP contribution in [0.5, 0.6) is 0 Å². The van der Waals surface area contributed by atoms with E-state index in [0.717, 1.165) is 32.7 Å². The maximum absolute atomic E-state index is 8.75. The highest BCUT2D eigenvalue weighted by Gasteiger charge is 2.18. The summed E-state index contributed by atoms with van der Waals surface area (Å²) < 4.78 is 0. The summed E-state index contributed by atoms with van der Waals surface area (Å²) in [5.41, 5.74) is 0. The van der Waals surface area contributed by atoms with Gasteiger partial charge in [0.1, 0.15) is 5.38 Å². The van der Waals surface area contributed by atoms with Gasteiger partial charge in [-0.2, -0.15) is 5.26 Å². The normalized spacial score (nSPS) is 21.8. The summed E-state index contributed by atoms with van der Waals surface area (Å²) in [7, 11) is 0. The van der Waals surface area contributed by atoms with Crippen molar-refractivity contribution in [3.8, 4) is 6.07 Å². The highest BCUT2D eigenvalue weighted by molar-refractivity contribution is 6.22. The van der Waals surface area contributed by atoms with Crippen LogP contribution in [0.1, 0.15) is 0 Å². The first-order valence-corrected chi connectivity index (χ1v) is 5.29. The van der Waals surface area contributed by atoms with Crippen molar-refractivity contribution in [2.24, 2.45) is 0 Å². The first-order valence-electron chi connectivity index (χ1n) is 4.85. The van der Waals surface area contributed by atoms with Gasteiger partial charge in [0.05, 0.1) is 12.7 Å². The van der Waals surface area contributed by atoms with Crippen molar-refractivity contribution in [2.45, 2.75) is 5.38 Å². The van der Waals surface area contributed by atoms with Crippen molar-refractivity contribution in [1.82, 2.24) is 9.80 Å². The third-order valence-electron chi connectivity index (χ3n) is 2.44. The van der Waals surface area contributed by atoms with Crippen LogP contribution in [0.4, 0.5) is 0 Å². The molecule has 80 valence electrons. The van der Waals surface area contributed by atoms with Crippen LogP contribution in [0.2, 0.25) is 0 Å². The summed E-state index contributed by atoms with van der Waals surface area (Å²) in [5.74, 6) is 0. The van der Waals surface area contributed by atoms with Crippen LogP contribution in [0.15, 0.2) is 0 Å². The van der Waals surface area contributed by atoms with Gasteiger partial charge in [-0.25, -0.2) is 0 Å². The Kier molecular flexibility index (Phi) is 5.20. The minimum atomic E-state index is -0.403. The summed E-state index contributed by atoms with van der Waals surface area (Å²) in [6, 6.07) is 2.02. The summed E-state index contributed by atoms with van der Waals surface area (Å²) in [6.07, 6.45) is 0. The quantitative estimate of drug-likeness (QED) is 0.659. The third kappa shape index (κ3) is 3.81. The van der Waals surface area contributed by atoms with E-state index in [9.17, 15) is 0 Å². The minimum absolute atomic E-state index is 0.219. The number of β-amino-alcohol motifs (C(OH)–C–C–N with tert-alkyl or cyclic N) is 1. The maximum atomic E-state index is 8.75. The summed E-state index contributed by atoms with van der Waals surface area (Å²) in [5, 5.41) is 16.9. The molecule has 1 heterocycles. The Hall–Kier alpha value is -0.340. The number of aliphatic hydroxyl groups excluding tert-OH is 1. The molecule has 14 heavy (non-hydrogen) atoms. The number of hydrogen-bond acceptors (Lipinski definition) is 4. The number of nitrogens with zero attached hydrogens (tertiary/aromatic N) is 3. The first kappa shape index (κ1) is 11.7. The number of nitriles is 1. The van der Waals surface area contributed by atoms with Gasteiger partial charge in [0.25, 0.3) is 0 Å². The molecule has 1 rings (SSSR count). The SMILES string of the molecule is N#CC(Cl)CN1CCN(CCO)CC1. The van der Waals surface area contributed by atoms with E-state index in [4.69, 9.17) is 22.0 Å². The minimum Gasteiger partial charge on any atom is -0.395 e. The monoisotopic (exact) mass is 217 g/mol. The number of hydrogen-bond donors (Lipinski definition) is 1. The Morgan fingerprint density at radius 3 is 2.36 bits per heavy atom. The molecule has 0 bridgehead atoms. The van der Waals surface area contributed by atoms with Crippen molar-refractivity contribution in [3.05, 3.63) is 0 Å². The Morgan fingerprint density at radius 1 is 1.29 bits per heavy atom. The van der Waals surface area contributed by atoms with Gasteiger partial charge in [0.2, 0.25) is 0 Å². The van der Waals surface area contributed by atoms with Gasteiger partial charge in [0.15, 0.2) is 0 Å². The van der Waals surface area contributed by atoms with Crippen LogP contribution in [0.3, 0.4) is 0 Å². The average molecular weight is 218 g/mol. The van der Waals surface area contributed by atoms with E-state index in [1.54, 1.807) is 0 Å². The van der Waals surface area contributed by atoms with Crippen LogP contribution in [0.25, 0.3) is 0 Å². The van der Waals surface area contributed by atoms with E-state index in [-0.39, 0.29) is 6.61 Å². The Labute approximate surface area is 89.7 Å². The second-order valence-corrected chi connectivity index (χ2v) is 3.99. The molecular weight excluding hydrogens is 202 g/mol. The summed E-state index contributed by atoms with van der Waals surface area (Å²) >= 11 is 5.74. The van der Waals surface area contributed by atoms with Crippen LogP contribution in [-0.4, -0.2) is 66.2 Å². The number of aliphatic hydroxyl groups is 1. The molecule has 0 aliphatic carbocycles. The van der Waals surface area contributed by atoms with Crippen molar-refractivity contribution >= 4 is 11.6 Å². The van der Waals surface area contributed by atoms with E-state index in [1.165, 1.54) is 0 Å². The third-order valence-corrected chi connectivity index (χ3v) is 2.68. The molecule has 1 unspecified atom stereocenters. The fourth-order valence-electron chi connectivity index (χ4n) is 1.60. The lowest BCUT2D eigenvalue weighted by Gasteiger charge is -2.34. The second kappa shape index (κ2) is 6.20. The Balaban J connectivity index is 2.19. The van der Waals surface area contributed by atoms with E-state index < -0.39 is 5.38 Å². The number of halogens is 1. The zero-order valence-corrected chi connectivity index (χ0v) is 8.95. The van der Waals surface area contributed by atoms with Crippen LogP contribution < -0.4 is 0 Å². The predicted octanol–water partition coefficient (Wildman–Crippen LogP) is -0.273. The standard InChI is InChI=1S/C9H16ClN3O/c10-9(7-11)8-13-3-1-12(2-4-13)5-6-14/h9,14H,1-6,8H2. The molecule has 4 nitrogen and oxygen atoms in total. The maximum Gasteiger partial charge on any atom is 0.133 e. The van der Waals surface area contributed by atoms with Crippen molar-refractivity contribution in [3.63, 3.8) is 0 Å². The molecule has 0 aromatic rings. The van der Waals surface area contributed by atoms with Gasteiger partial charge in [-0.05, 0) is 0 Å². The predicted molar refractivity (Wildman–Crippen MR) is 55.2 cm³/mol. The van der Waals surface area contributed by atoms with Gasteiger partial charge in [-0.3, -0.25) is 9.80 Å². The molecule has 1 fully saturated rings. The zero-order valence-electron chi connectivity index (χ0n) is 8.19. The van der Waals surface area contributed by atoms with Gasteiger partial charge in [0, 0.05) is 39.3 Å². The van der Waals surface area contributed by atoms with Crippen molar-refractivity contribution in [1.29, 1.82) is 5.26 Å². The fraction of sp³-hybridized carbons (Fsp3) is 0.889. The van der Waals surface area contributed by atoms with Gasteiger partial charge in [-0.1, -0.05) is 0 Å². The lowest BCUT2D eigenvalue weighted by Crippen LogP contribution is -2.48. The van der Waals surface area contributed by atoms with E-state index in [1.807, 2.05) is 6.07 Å². The molecule has 0 amide bonds. The van der Waals surface area contributed by atoms with Crippen LogP contribution >= 0.6 is 11.6 Å². The largest absolute Gasteiger partial charge is 0.395 e. The molecule has 0 spiro atoms. The van der Waals surface area contributed by atoms with E-state index in [0.29, 0.717) is 6.54 Å². The summed E-state index contributed by atoms with van der Waals surface area (Å²) in [6.45, 7) is 5.39. The molecule has 1 atom stereocenters. The van der Waals surface area contributed by atoms with E-state index in [2.05, 4.69) is 9.80 Å². The first-order chi connectivity index (χ1) is 6.76. The molecule has 0 saturated carbocycles. The Morgan fingerprint density at radius 2 is 1.86 bits per heavy atom. The summed E-state index contributed by atoms with van der Waals surface area (Å²) in [4.78, 5) is 4.40. The molecule has 0 radical (unpaired) electrons. The highest BCUT2D eigenvalue weighted by atomic mass is 35.5. The molecule has 5 heteroatoms. The second-order valence-electron chi connectivity index (χ2n) is 3.46. The number of piperazine rings is 1. The molecule has 0 aromatic carbocycles. The topological polar surface area (TPSA) is 50.5 Å². The smallest absolute Gasteiger partial charge is 0.133 e. The fourth-order valence-corrected chi connectivity index (χ4v) is 1.80. The van der Waals surface area contributed by atoms with Gasteiger partial charge in [-0.15, -0.1) is 11.6 Å². The number of rotatable bonds is 4. The molecular formula is C9H16ClN3O. The zero-order chi connectivity index (χ0) is 10.4. The average Bonchev–Trinajstić information content (AvgIpc) is 2.21. The van der Waals surface area contributed by atoms with Crippen molar-refractivity contribution < 1.29 is 5.11 Å².